The molecule has 0 radical (unpaired) electrons. The Hall–Kier alpha value is -1.02. The number of rotatable bonds is 10. The Morgan fingerprint density at radius 1 is 1.04 bits per heavy atom. The zero-order valence-corrected chi connectivity index (χ0v) is 14.9. The van der Waals surface area contributed by atoms with Gasteiger partial charge in [-0.25, -0.2) is 4.39 Å². The molecule has 0 aromatic carbocycles. The molecule has 0 aliphatic carbocycles. The molecule has 0 saturated carbocycles. The maximum absolute atomic E-state index is 13.2. The van der Waals surface area contributed by atoms with Crippen molar-refractivity contribution in [1.82, 2.24) is 0 Å². The highest BCUT2D eigenvalue weighted by Crippen LogP contribution is 2.55. The molecule has 0 saturated heterocycles. The molecule has 0 bridgehead atoms. The fourth-order valence-electron chi connectivity index (χ4n) is 1.51. The van der Waals surface area contributed by atoms with Crippen molar-refractivity contribution in [2.24, 2.45) is 5.73 Å². The quantitative estimate of drug-likeness (QED) is 0.228. The monoisotopic (exact) mass is 441 g/mol. The van der Waals surface area contributed by atoms with Crippen molar-refractivity contribution in [3.63, 3.8) is 0 Å². The lowest BCUT2D eigenvalue weighted by Crippen LogP contribution is -2.66. The maximum atomic E-state index is 13.2. The van der Waals surface area contributed by atoms with E-state index in [2.05, 4.69) is 6.58 Å². The van der Waals surface area contributed by atoms with Crippen LogP contribution in [0.25, 0.3) is 0 Å². The van der Waals surface area contributed by atoms with Crippen molar-refractivity contribution in [1.29, 1.82) is 0 Å². The molecular formula is C13H20F9NO3S. The van der Waals surface area contributed by atoms with Gasteiger partial charge in [-0.3, -0.25) is 4.55 Å². The number of alkyl halides is 9. The lowest BCUT2D eigenvalue weighted by Gasteiger charge is -2.36. The highest BCUT2D eigenvalue weighted by molar-refractivity contribution is 7.87. The molecule has 164 valence electrons. The van der Waals surface area contributed by atoms with Crippen molar-refractivity contribution < 1.29 is 52.5 Å². The Labute approximate surface area is 150 Å². The molecule has 0 heterocycles. The lowest BCUT2D eigenvalue weighted by molar-refractivity contribution is -0.359. The fourth-order valence-corrected chi connectivity index (χ4v) is 1.96. The first kappa shape index (κ1) is 28.2. The van der Waals surface area contributed by atoms with Crippen LogP contribution in [0, 0.1) is 0 Å². The third kappa shape index (κ3) is 5.98. The Morgan fingerprint density at radius 2 is 1.44 bits per heavy atom. The van der Waals surface area contributed by atoms with Gasteiger partial charge in [0.2, 0.25) is 0 Å². The highest BCUT2D eigenvalue weighted by Gasteiger charge is 2.85. The van der Waals surface area contributed by atoms with Gasteiger partial charge >= 0.3 is 33.1 Å². The summed E-state index contributed by atoms with van der Waals surface area (Å²) in [6, 6.07) is 0. The van der Waals surface area contributed by atoms with Crippen molar-refractivity contribution >= 4 is 10.1 Å². The molecule has 27 heavy (non-hydrogen) atoms. The third-order valence-electron chi connectivity index (χ3n) is 3.12. The molecule has 1 atom stereocenters. The van der Waals surface area contributed by atoms with E-state index in [9.17, 15) is 47.9 Å². The van der Waals surface area contributed by atoms with Crippen LogP contribution >= 0.6 is 0 Å². The van der Waals surface area contributed by atoms with Crippen molar-refractivity contribution in [2.75, 3.05) is 6.54 Å². The summed E-state index contributed by atoms with van der Waals surface area (Å²) in [7, 11) is -7.17. The van der Waals surface area contributed by atoms with Gasteiger partial charge in [-0.1, -0.05) is 32.3 Å². The minimum atomic E-state index is -7.26. The van der Waals surface area contributed by atoms with Gasteiger partial charge in [0.1, 0.15) is 0 Å². The number of hydrogen-bond acceptors (Lipinski definition) is 3. The largest absolute Gasteiger partial charge is 0.438 e. The van der Waals surface area contributed by atoms with Crippen LogP contribution in [-0.2, 0) is 10.1 Å². The molecule has 3 N–H and O–H groups in total. The van der Waals surface area contributed by atoms with Gasteiger partial charge in [-0.05, 0) is 6.42 Å². The third-order valence-corrected chi connectivity index (χ3v) is 4.03. The van der Waals surface area contributed by atoms with E-state index in [0.29, 0.717) is 13.0 Å². The van der Waals surface area contributed by atoms with Crippen LogP contribution in [0.5, 0.6) is 0 Å². The standard InChI is InChI=1S/C10H13F9O3S.C3H7N/c1-2-3-4-5-6(11)7(12,13)8(14,15)9(16,17)10(18,19)23(20,21)22;1-2-3-4/h6H,2-5H2,1H3,(H,20,21,22);2H,1,3-4H2. The number of halogens is 9. The Bertz CT molecular complexity index is 567. The summed E-state index contributed by atoms with van der Waals surface area (Å²) in [5.41, 5.74) is 4.91. The molecule has 4 nitrogen and oxygen atoms in total. The number of nitrogens with two attached hydrogens (primary N) is 1. The predicted octanol–water partition coefficient (Wildman–Crippen LogP) is 4.42. The first-order chi connectivity index (χ1) is 11.9. The van der Waals surface area contributed by atoms with Gasteiger partial charge in [0, 0.05) is 6.54 Å². The molecule has 0 aliphatic rings. The first-order valence-electron chi connectivity index (χ1n) is 7.33. The van der Waals surface area contributed by atoms with E-state index in [4.69, 9.17) is 10.3 Å². The number of unbranched alkanes of at least 4 members (excludes halogenated alkanes) is 2. The van der Waals surface area contributed by atoms with Gasteiger partial charge in [0.25, 0.3) is 0 Å². The Balaban J connectivity index is 0. The van der Waals surface area contributed by atoms with Crippen LogP contribution in [0.4, 0.5) is 39.5 Å². The van der Waals surface area contributed by atoms with Gasteiger partial charge in [-0.2, -0.15) is 43.5 Å². The Kier molecular flexibility index (Phi) is 10.4. The molecule has 1 unspecified atom stereocenters. The summed E-state index contributed by atoms with van der Waals surface area (Å²) in [4.78, 5) is 0. The second-order valence-corrected chi connectivity index (χ2v) is 6.71. The average molecular weight is 441 g/mol. The normalized spacial score (nSPS) is 15.0. The van der Waals surface area contributed by atoms with E-state index in [0.717, 1.165) is 0 Å². The lowest BCUT2D eigenvalue weighted by atomic mass is 9.97. The first-order valence-corrected chi connectivity index (χ1v) is 8.77. The van der Waals surface area contributed by atoms with Crippen molar-refractivity contribution in [3.8, 4) is 0 Å². The van der Waals surface area contributed by atoms with Crippen LogP contribution in [-0.4, -0.2) is 48.7 Å². The summed E-state index contributed by atoms with van der Waals surface area (Å²) in [5.74, 6) is -20.6. The molecule has 0 aliphatic heterocycles. The van der Waals surface area contributed by atoms with Crippen molar-refractivity contribution in [2.45, 2.75) is 61.8 Å². The summed E-state index contributed by atoms with van der Waals surface area (Å²) in [6.07, 6.45) is -3.59. The highest BCUT2D eigenvalue weighted by atomic mass is 32.2. The van der Waals surface area contributed by atoms with Crippen LogP contribution in [0.15, 0.2) is 12.7 Å². The van der Waals surface area contributed by atoms with Gasteiger partial charge < -0.3 is 5.73 Å². The van der Waals surface area contributed by atoms with E-state index in [1.165, 1.54) is 6.92 Å². The molecule has 0 spiro atoms. The van der Waals surface area contributed by atoms with Crippen LogP contribution in [0.2, 0.25) is 0 Å². The predicted molar refractivity (Wildman–Crippen MR) is 79.6 cm³/mol. The minimum Gasteiger partial charge on any atom is -0.327 e. The van der Waals surface area contributed by atoms with Gasteiger partial charge in [-0.15, -0.1) is 6.58 Å². The van der Waals surface area contributed by atoms with E-state index in [-0.39, 0.29) is 6.42 Å². The average Bonchev–Trinajstić information content (AvgIpc) is 2.53. The molecular weight excluding hydrogens is 421 g/mol. The summed E-state index contributed by atoms with van der Waals surface area (Å²) < 4.78 is 146. The summed E-state index contributed by atoms with van der Waals surface area (Å²) in [6.45, 7) is 5.47. The fraction of sp³-hybridized carbons (Fsp3) is 0.846. The molecule has 0 amide bonds. The second-order valence-electron chi connectivity index (χ2n) is 5.25. The second kappa shape index (κ2) is 9.96. The molecule has 14 heteroatoms. The van der Waals surface area contributed by atoms with Crippen LogP contribution in [0.1, 0.15) is 32.6 Å². The zero-order valence-electron chi connectivity index (χ0n) is 14.0. The molecule has 0 aromatic heterocycles. The van der Waals surface area contributed by atoms with Gasteiger partial charge in [0.05, 0.1) is 0 Å². The smallest absolute Gasteiger partial charge is 0.327 e. The van der Waals surface area contributed by atoms with E-state index in [1.807, 2.05) is 0 Å². The Morgan fingerprint density at radius 3 is 1.74 bits per heavy atom. The molecule has 0 rings (SSSR count). The number of hydrogen-bond donors (Lipinski definition) is 2. The zero-order chi connectivity index (χ0) is 22.3. The van der Waals surface area contributed by atoms with Crippen molar-refractivity contribution in [3.05, 3.63) is 12.7 Å². The summed E-state index contributed by atoms with van der Waals surface area (Å²) >= 11 is 0. The SMILES string of the molecule is C=CCN.CCCCCC(F)C(F)(F)C(F)(F)C(F)(F)C(F)(F)S(=O)(=O)O. The summed E-state index contributed by atoms with van der Waals surface area (Å²) in [5, 5.41) is -6.95. The molecule has 0 fully saturated rings. The van der Waals surface area contributed by atoms with Crippen LogP contribution < -0.4 is 5.73 Å². The van der Waals surface area contributed by atoms with E-state index in [1.54, 1.807) is 6.08 Å². The van der Waals surface area contributed by atoms with Crippen LogP contribution in [0.3, 0.4) is 0 Å². The topological polar surface area (TPSA) is 80.4 Å². The van der Waals surface area contributed by atoms with E-state index >= 15 is 0 Å². The molecule has 0 aromatic rings. The maximum Gasteiger partial charge on any atom is 0.438 e. The minimum absolute atomic E-state index is 0.0830. The van der Waals surface area contributed by atoms with Gasteiger partial charge in [0.15, 0.2) is 6.17 Å². The van der Waals surface area contributed by atoms with E-state index < -0.39 is 52.2 Å².